The van der Waals surface area contributed by atoms with Crippen molar-refractivity contribution >= 4 is 17.9 Å². The average Bonchev–Trinajstić information content (AvgIpc) is 2.85. The lowest BCUT2D eigenvalue weighted by Gasteiger charge is -2.37. The van der Waals surface area contributed by atoms with Crippen LogP contribution in [-0.4, -0.2) is 73.3 Å². The highest BCUT2D eigenvalue weighted by Crippen LogP contribution is 2.29. The molecule has 1 aromatic carbocycles. The van der Waals surface area contributed by atoms with Gasteiger partial charge in [0.25, 0.3) is 0 Å². The molecular formula is C23H28N6O4. The first kappa shape index (κ1) is 22.5. The van der Waals surface area contributed by atoms with E-state index in [-0.39, 0.29) is 12.6 Å². The number of carbonyl (C=O) groups excluding carboxylic acids is 2. The lowest BCUT2D eigenvalue weighted by Crippen LogP contribution is -2.52. The highest BCUT2D eigenvalue weighted by atomic mass is 16.5. The molecule has 0 spiro atoms. The molecule has 1 aromatic heterocycles. The van der Waals surface area contributed by atoms with Crippen LogP contribution in [0.3, 0.4) is 0 Å². The molecule has 1 fully saturated rings. The Balaban J connectivity index is 1.56. The fraction of sp³-hybridized carbons (Fsp3) is 0.391. The van der Waals surface area contributed by atoms with Gasteiger partial charge in [-0.3, -0.25) is 4.90 Å². The minimum absolute atomic E-state index is 0.245. The van der Waals surface area contributed by atoms with Gasteiger partial charge in [0.2, 0.25) is 5.95 Å². The quantitative estimate of drug-likeness (QED) is 0.608. The van der Waals surface area contributed by atoms with E-state index in [1.807, 2.05) is 12.1 Å². The van der Waals surface area contributed by atoms with E-state index in [1.54, 1.807) is 44.6 Å². The summed E-state index contributed by atoms with van der Waals surface area (Å²) in [5.74, 6) is 0.955. The molecule has 0 bridgehead atoms. The molecule has 2 N–H and O–H groups in total. The molecule has 4 rings (SSSR count). The normalized spacial score (nSPS) is 19.0. The molecule has 0 radical (unpaired) electrons. The van der Waals surface area contributed by atoms with Gasteiger partial charge < -0.3 is 25.0 Å². The van der Waals surface area contributed by atoms with Gasteiger partial charge in [0.1, 0.15) is 5.75 Å². The molecule has 2 aliphatic rings. The third kappa shape index (κ3) is 5.23. The van der Waals surface area contributed by atoms with E-state index in [9.17, 15) is 9.59 Å². The average molecular weight is 453 g/mol. The molecule has 33 heavy (non-hydrogen) atoms. The predicted molar refractivity (Wildman–Crippen MR) is 122 cm³/mol. The van der Waals surface area contributed by atoms with E-state index in [0.29, 0.717) is 29.5 Å². The van der Waals surface area contributed by atoms with Gasteiger partial charge in [-0.1, -0.05) is 12.1 Å². The van der Waals surface area contributed by atoms with Crippen LogP contribution >= 0.6 is 0 Å². The van der Waals surface area contributed by atoms with E-state index in [0.717, 1.165) is 31.7 Å². The van der Waals surface area contributed by atoms with Crippen molar-refractivity contribution in [3.05, 3.63) is 59.6 Å². The van der Waals surface area contributed by atoms with Crippen LogP contribution in [0, 0.1) is 0 Å². The van der Waals surface area contributed by atoms with Crippen molar-refractivity contribution in [3.8, 4) is 5.75 Å². The van der Waals surface area contributed by atoms with Crippen molar-refractivity contribution in [1.82, 2.24) is 25.5 Å². The van der Waals surface area contributed by atoms with Crippen molar-refractivity contribution in [1.29, 1.82) is 0 Å². The fourth-order valence-corrected chi connectivity index (χ4v) is 4.02. The second-order valence-corrected chi connectivity index (χ2v) is 7.73. The number of nitrogens with zero attached hydrogens (tertiary/aromatic N) is 4. The molecular weight excluding hydrogens is 424 g/mol. The number of rotatable bonds is 7. The first-order valence-electron chi connectivity index (χ1n) is 10.9. The zero-order valence-corrected chi connectivity index (χ0v) is 18.8. The number of esters is 1. The van der Waals surface area contributed by atoms with E-state index >= 15 is 0 Å². The lowest BCUT2D eigenvalue weighted by atomic mass is 9.94. The van der Waals surface area contributed by atoms with E-state index in [4.69, 9.17) is 9.47 Å². The highest BCUT2D eigenvalue weighted by Gasteiger charge is 2.34. The first-order valence-corrected chi connectivity index (χ1v) is 10.9. The van der Waals surface area contributed by atoms with Crippen LogP contribution in [0.4, 0.5) is 10.7 Å². The molecule has 2 amide bonds. The monoisotopic (exact) mass is 452 g/mol. The smallest absolute Gasteiger partial charge is 0.338 e. The van der Waals surface area contributed by atoms with Crippen LogP contribution in [0.2, 0.25) is 0 Å². The van der Waals surface area contributed by atoms with E-state index < -0.39 is 12.0 Å². The Bertz CT molecular complexity index is 1000. The number of urea groups is 1. The SMILES string of the molecule is CCOC(=O)C1=C(CN2CCN(c3ncccn3)CC2)NC(=O)N[C@@H]1c1ccc(OC)cc1. The third-order valence-electron chi connectivity index (χ3n) is 5.69. The zero-order valence-electron chi connectivity index (χ0n) is 18.8. The minimum atomic E-state index is -0.613. The van der Waals surface area contributed by atoms with Crippen molar-refractivity contribution in [2.75, 3.05) is 51.3 Å². The Morgan fingerprint density at radius 3 is 2.45 bits per heavy atom. The molecule has 1 saturated heterocycles. The topological polar surface area (TPSA) is 109 Å². The van der Waals surface area contributed by atoms with Crippen molar-refractivity contribution in [3.63, 3.8) is 0 Å². The maximum atomic E-state index is 13.0. The highest BCUT2D eigenvalue weighted by molar-refractivity contribution is 5.95. The molecule has 2 aromatic rings. The molecule has 2 aliphatic heterocycles. The van der Waals surface area contributed by atoms with Crippen molar-refractivity contribution in [2.24, 2.45) is 0 Å². The second-order valence-electron chi connectivity index (χ2n) is 7.73. The summed E-state index contributed by atoms with van der Waals surface area (Å²) < 4.78 is 10.6. The van der Waals surface area contributed by atoms with Crippen LogP contribution in [-0.2, 0) is 9.53 Å². The zero-order chi connectivity index (χ0) is 23.2. The van der Waals surface area contributed by atoms with Gasteiger partial charge in [-0.25, -0.2) is 19.6 Å². The Kier molecular flexibility index (Phi) is 7.04. The Morgan fingerprint density at radius 2 is 1.82 bits per heavy atom. The minimum Gasteiger partial charge on any atom is -0.497 e. The number of aromatic nitrogens is 2. The molecule has 174 valence electrons. The molecule has 10 heteroatoms. The van der Waals surface area contributed by atoms with Gasteiger partial charge in [-0.15, -0.1) is 0 Å². The van der Waals surface area contributed by atoms with Gasteiger partial charge in [-0.05, 0) is 30.7 Å². The Morgan fingerprint density at radius 1 is 1.12 bits per heavy atom. The van der Waals surface area contributed by atoms with Crippen LogP contribution in [0.5, 0.6) is 5.75 Å². The van der Waals surface area contributed by atoms with Crippen LogP contribution in [0.1, 0.15) is 18.5 Å². The van der Waals surface area contributed by atoms with Crippen LogP contribution in [0.15, 0.2) is 54.0 Å². The van der Waals surface area contributed by atoms with Gasteiger partial charge in [0, 0.05) is 50.8 Å². The number of carbonyl (C=O) groups is 2. The summed E-state index contributed by atoms with van der Waals surface area (Å²) in [4.78, 5) is 38.4. The van der Waals surface area contributed by atoms with E-state index in [1.165, 1.54) is 0 Å². The maximum absolute atomic E-state index is 13.0. The lowest BCUT2D eigenvalue weighted by molar-refractivity contribution is -0.139. The molecule has 0 unspecified atom stereocenters. The summed E-state index contributed by atoms with van der Waals surface area (Å²) >= 11 is 0. The Labute approximate surface area is 192 Å². The Hall–Kier alpha value is -3.66. The largest absolute Gasteiger partial charge is 0.497 e. The number of benzene rings is 1. The van der Waals surface area contributed by atoms with Gasteiger partial charge in [0.05, 0.1) is 25.3 Å². The van der Waals surface area contributed by atoms with Crippen LogP contribution in [0.25, 0.3) is 0 Å². The number of ether oxygens (including phenoxy) is 2. The number of piperazine rings is 1. The van der Waals surface area contributed by atoms with Crippen LogP contribution < -0.4 is 20.3 Å². The van der Waals surface area contributed by atoms with E-state index in [2.05, 4.69) is 30.4 Å². The summed E-state index contributed by atoms with van der Waals surface area (Å²) in [7, 11) is 1.59. The van der Waals surface area contributed by atoms with Gasteiger partial charge in [0.15, 0.2) is 0 Å². The predicted octanol–water partition coefficient (Wildman–Crippen LogP) is 1.48. The molecule has 3 heterocycles. The number of amides is 2. The second kappa shape index (κ2) is 10.3. The molecule has 0 saturated carbocycles. The third-order valence-corrected chi connectivity index (χ3v) is 5.69. The summed E-state index contributed by atoms with van der Waals surface area (Å²) in [6.45, 7) is 5.43. The number of hydrogen-bond donors (Lipinski definition) is 2. The molecule has 1 atom stereocenters. The summed E-state index contributed by atoms with van der Waals surface area (Å²) in [5, 5.41) is 5.70. The number of nitrogens with one attached hydrogen (secondary N) is 2. The maximum Gasteiger partial charge on any atom is 0.338 e. The number of hydrogen-bond acceptors (Lipinski definition) is 8. The standard InChI is InChI=1S/C23H28N6O4/c1-3-33-21(30)19-18(15-28-11-13-29(14-12-28)22-24-9-4-10-25-22)26-23(31)27-20(19)16-5-7-17(32-2)8-6-16/h4-10,20H,3,11-15H2,1-2H3,(H2,26,27,31)/t20-/m1/s1. The molecule has 0 aliphatic carbocycles. The molecule has 10 nitrogen and oxygen atoms in total. The van der Waals surface area contributed by atoms with Crippen molar-refractivity contribution < 1.29 is 19.1 Å². The fourth-order valence-electron chi connectivity index (χ4n) is 4.02. The van der Waals surface area contributed by atoms with Gasteiger partial charge >= 0.3 is 12.0 Å². The number of anilines is 1. The first-order chi connectivity index (χ1) is 16.1. The van der Waals surface area contributed by atoms with Gasteiger partial charge in [-0.2, -0.15) is 0 Å². The summed E-state index contributed by atoms with van der Waals surface area (Å²) in [6.07, 6.45) is 3.46. The summed E-state index contributed by atoms with van der Waals surface area (Å²) in [6, 6.07) is 8.11. The summed E-state index contributed by atoms with van der Waals surface area (Å²) in [5.41, 5.74) is 1.75. The van der Waals surface area contributed by atoms with Crippen molar-refractivity contribution in [2.45, 2.75) is 13.0 Å². The number of methoxy groups -OCH3 is 1.